The summed E-state index contributed by atoms with van der Waals surface area (Å²) in [5.41, 5.74) is 7.33. The van der Waals surface area contributed by atoms with E-state index < -0.39 is 0 Å². The Balaban J connectivity index is 1.71. The normalized spacial score (nSPS) is 18.3. The number of benzene rings is 2. The van der Waals surface area contributed by atoms with Gasteiger partial charge in [-0.1, -0.05) is 62.7 Å². The third kappa shape index (κ3) is 3.47. The number of nitrogens with one attached hydrogen (secondary N) is 1. The largest absolute Gasteiger partial charge is 0.343 e. The van der Waals surface area contributed by atoms with E-state index >= 15 is 0 Å². The fourth-order valence-corrected chi connectivity index (χ4v) is 5.11. The summed E-state index contributed by atoms with van der Waals surface area (Å²) < 4.78 is 1.93. The van der Waals surface area contributed by atoms with Crippen LogP contribution in [0.5, 0.6) is 0 Å². The molecule has 0 unspecified atom stereocenters. The van der Waals surface area contributed by atoms with Gasteiger partial charge in [-0.15, -0.1) is 0 Å². The van der Waals surface area contributed by atoms with Crippen molar-refractivity contribution in [3.05, 3.63) is 87.2 Å². The number of ketones is 1. The second kappa shape index (κ2) is 7.63. The zero-order valence-corrected chi connectivity index (χ0v) is 19.8. The van der Waals surface area contributed by atoms with Crippen molar-refractivity contribution < 1.29 is 4.79 Å². The summed E-state index contributed by atoms with van der Waals surface area (Å²) in [6.07, 6.45) is 2.35. The van der Waals surface area contributed by atoms with E-state index in [0.717, 1.165) is 52.4 Å². The Morgan fingerprint density at radius 1 is 1.09 bits per heavy atom. The highest BCUT2D eigenvalue weighted by Crippen LogP contribution is 2.47. The molecule has 5 rings (SSSR count). The maximum Gasteiger partial charge on any atom is 0.161 e. The first-order valence-electron chi connectivity index (χ1n) is 11.2. The molecule has 4 nitrogen and oxygen atoms in total. The average molecular weight is 446 g/mol. The fourth-order valence-electron chi connectivity index (χ4n) is 4.92. The van der Waals surface area contributed by atoms with Crippen molar-refractivity contribution in [3.63, 3.8) is 0 Å². The van der Waals surface area contributed by atoms with Crippen LogP contribution >= 0.6 is 11.6 Å². The molecule has 1 aliphatic heterocycles. The molecule has 3 aromatic rings. The van der Waals surface area contributed by atoms with Gasteiger partial charge in [-0.05, 0) is 54.5 Å². The van der Waals surface area contributed by atoms with Crippen molar-refractivity contribution in [1.29, 1.82) is 0 Å². The lowest BCUT2D eigenvalue weighted by Crippen LogP contribution is -2.27. The summed E-state index contributed by atoms with van der Waals surface area (Å²) in [7, 11) is 0. The Morgan fingerprint density at radius 2 is 1.84 bits per heavy atom. The standard InChI is InChI=1S/C27H28ClN3O/c1-16-23-24(17-11-13-18(14-12-17)27(2,3)4)25-21(9-6-10-22(25)32)29-26(23)31(30-16)20-8-5-7-19(28)15-20/h5,7-8,11-15,24,29H,6,9-10H2,1-4H3/t24-/m0/s1. The minimum absolute atomic E-state index is 0.0796. The van der Waals surface area contributed by atoms with Gasteiger partial charge in [-0.25, -0.2) is 4.68 Å². The molecule has 32 heavy (non-hydrogen) atoms. The van der Waals surface area contributed by atoms with Gasteiger partial charge in [0, 0.05) is 34.2 Å². The van der Waals surface area contributed by atoms with E-state index in [9.17, 15) is 4.79 Å². The minimum Gasteiger partial charge on any atom is -0.343 e. The number of anilines is 1. The SMILES string of the molecule is Cc1nn(-c2cccc(Cl)c2)c2c1[C@H](c1ccc(C(C)(C)C)cc1)C1=C(CCCC1=O)N2. The monoisotopic (exact) mass is 445 g/mol. The lowest BCUT2D eigenvalue weighted by molar-refractivity contribution is -0.116. The maximum atomic E-state index is 13.1. The van der Waals surface area contributed by atoms with E-state index in [1.807, 2.05) is 35.9 Å². The Labute approximate surface area is 194 Å². The third-order valence-corrected chi connectivity index (χ3v) is 6.81. The Hall–Kier alpha value is -2.85. The van der Waals surface area contributed by atoms with Crippen molar-refractivity contribution in [2.75, 3.05) is 5.32 Å². The maximum absolute atomic E-state index is 13.1. The van der Waals surface area contributed by atoms with Crippen molar-refractivity contribution in [3.8, 4) is 5.69 Å². The molecular formula is C27H28ClN3O. The molecule has 1 atom stereocenters. The van der Waals surface area contributed by atoms with E-state index in [1.54, 1.807) is 0 Å². The van der Waals surface area contributed by atoms with Gasteiger partial charge in [-0.3, -0.25) is 4.79 Å². The van der Waals surface area contributed by atoms with Gasteiger partial charge in [-0.2, -0.15) is 5.10 Å². The number of halogens is 1. The highest BCUT2D eigenvalue weighted by molar-refractivity contribution is 6.30. The third-order valence-electron chi connectivity index (χ3n) is 6.57. The number of Topliss-reactive ketones (excluding diaryl/α,β-unsaturated/α-hetero) is 1. The second-order valence-corrected chi connectivity index (χ2v) is 10.3. The van der Waals surface area contributed by atoms with Crippen molar-refractivity contribution in [2.24, 2.45) is 0 Å². The fraction of sp³-hybridized carbons (Fsp3) is 0.333. The number of aryl methyl sites for hydroxylation is 1. The lowest BCUT2D eigenvalue weighted by Gasteiger charge is -2.33. The summed E-state index contributed by atoms with van der Waals surface area (Å²) in [6, 6.07) is 16.5. The number of aromatic nitrogens is 2. The predicted octanol–water partition coefficient (Wildman–Crippen LogP) is 6.70. The van der Waals surface area contributed by atoms with E-state index in [4.69, 9.17) is 16.7 Å². The number of hydrogen-bond donors (Lipinski definition) is 1. The molecule has 164 valence electrons. The molecule has 0 saturated carbocycles. The first-order chi connectivity index (χ1) is 15.2. The van der Waals surface area contributed by atoms with Crippen LogP contribution in [0.4, 0.5) is 5.82 Å². The molecule has 1 aliphatic carbocycles. The highest BCUT2D eigenvalue weighted by Gasteiger charge is 2.38. The van der Waals surface area contributed by atoms with E-state index in [1.165, 1.54) is 5.56 Å². The Morgan fingerprint density at radius 3 is 2.53 bits per heavy atom. The quantitative estimate of drug-likeness (QED) is 0.477. The summed E-state index contributed by atoms with van der Waals surface area (Å²) in [4.78, 5) is 13.1. The van der Waals surface area contributed by atoms with Crippen molar-refractivity contribution in [1.82, 2.24) is 9.78 Å². The molecule has 2 heterocycles. The van der Waals surface area contributed by atoms with Crippen LogP contribution in [0.2, 0.25) is 5.02 Å². The summed E-state index contributed by atoms with van der Waals surface area (Å²) in [5, 5.41) is 9.13. The molecule has 5 heteroatoms. The molecule has 2 aromatic carbocycles. The predicted molar refractivity (Wildman–Crippen MR) is 130 cm³/mol. The first kappa shape index (κ1) is 21.0. The molecule has 0 amide bonds. The molecule has 0 radical (unpaired) electrons. The summed E-state index contributed by atoms with van der Waals surface area (Å²) in [5.74, 6) is 1.06. The smallest absolute Gasteiger partial charge is 0.161 e. The van der Waals surface area contributed by atoms with Gasteiger partial charge >= 0.3 is 0 Å². The average Bonchev–Trinajstić information content (AvgIpc) is 3.08. The number of nitrogens with zero attached hydrogens (tertiary/aromatic N) is 2. The van der Waals surface area contributed by atoms with Crippen LogP contribution in [0.3, 0.4) is 0 Å². The molecule has 1 aromatic heterocycles. The number of hydrogen-bond acceptors (Lipinski definition) is 3. The topological polar surface area (TPSA) is 46.9 Å². The van der Waals surface area contributed by atoms with Crippen LogP contribution in [0.15, 0.2) is 59.8 Å². The van der Waals surface area contributed by atoms with E-state index in [0.29, 0.717) is 11.4 Å². The molecule has 0 bridgehead atoms. The zero-order valence-electron chi connectivity index (χ0n) is 19.0. The number of allylic oxidation sites excluding steroid dienone is 2. The van der Waals surface area contributed by atoms with E-state index in [-0.39, 0.29) is 17.1 Å². The lowest BCUT2D eigenvalue weighted by atomic mass is 9.75. The molecule has 2 aliphatic rings. The Bertz CT molecular complexity index is 1240. The molecule has 0 saturated heterocycles. The molecular weight excluding hydrogens is 418 g/mol. The van der Waals surface area contributed by atoms with Gasteiger partial charge in [0.25, 0.3) is 0 Å². The van der Waals surface area contributed by atoms with Crippen LogP contribution in [0.25, 0.3) is 5.69 Å². The number of rotatable bonds is 2. The van der Waals surface area contributed by atoms with Crippen LogP contribution in [0.1, 0.15) is 68.3 Å². The van der Waals surface area contributed by atoms with Gasteiger partial charge in [0.05, 0.1) is 11.4 Å². The minimum atomic E-state index is -0.115. The highest BCUT2D eigenvalue weighted by atomic mass is 35.5. The van der Waals surface area contributed by atoms with Crippen LogP contribution in [0, 0.1) is 6.92 Å². The Kier molecular flexibility index (Phi) is 5.01. The van der Waals surface area contributed by atoms with E-state index in [2.05, 4.69) is 50.4 Å². The second-order valence-electron chi connectivity index (χ2n) is 9.84. The van der Waals surface area contributed by atoms with Crippen molar-refractivity contribution in [2.45, 2.75) is 58.3 Å². The number of carbonyl (C=O) groups is 1. The van der Waals surface area contributed by atoms with Crippen molar-refractivity contribution >= 4 is 23.2 Å². The number of fused-ring (bicyclic) bond motifs is 1. The molecule has 0 spiro atoms. The van der Waals surface area contributed by atoms with Gasteiger partial charge in [0.2, 0.25) is 0 Å². The number of carbonyl (C=O) groups excluding carboxylic acids is 1. The van der Waals surface area contributed by atoms with Gasteiger partial charge in [0.1, 0.15) is 5.82 Å². The van der Waals surface area contributed by atoms with Crippen LogP contribution in [-0.2, 0) is 10.2 Å². The molecule has 1 N–H and O–H groups in total. The summed E-state index contributed by atoms with van der Waals surface area (Å²) in [6.45, 7) is 8.68. The molecule has 0 fully saturated rings. The zero-order chi connectivity index (χ0) is 22.6. The summed E-state index contributed by atoms with van der Waals surface area (Å²) >= 11 is 6.28. The van der Waals surface area contributed by atoms with Gasteiger partial charge < -0.3 is 5.32 Å². The van der Waals surface area contributed by atoms with Crippen LogP contribution in [-0.4, -0.2) is 15.6 Å². The first-order valence-corrected chi connectivity index (χ1v) is 11.6. The van der Waals surface area contributed by atoms with Crippen LogP contribution < -0.4 is 5.32 Å². The van der Waals surface area contributed by atoms with Gasteiger partial charge in [0.15, 0.2) is 5.78 Å².